The number of halogens is 3. The third kappa shape index (κ3) is 9.86. The van der Waals surface area contributed by atoms with E-state index >= 15 is 8.78 Å². The van der Waals surface area contributed by atoms with Crippen molar-refractivity contribution in [2.75, 3.05) is 13.2 Å². The normalized spacial score (nSPS) is 16.8. The summed E-state index contributed by atoms with van der Waals surface area (Å²) < 4.78 is 56.8. The Morgan fingerprint density at radius 2 is 1.27 bits per heavy atom. The van der Waals surface area contributed by atoms with Gasteiger partial charge in [-0.3, -0.25) is 0 Å². The van der Waals surface area contributed by atoms with Crippen molar-refractivity contribution in [2.24, 2.45) is 0 Å². The first-order valence-electron chi connectivity index (χ1n) is 17.1. The minimum atomic E-state index is -0.971. The van der Waals surface area contributed by atoms with Gasteiger partial charge in [-0.05, 0) is 60.6 Å². The van der Waals surface area contributed by atoms with Gasteiger partial charge in [0.05, 0.1) is 19.3 Å². The molecule has 0 aliphatic carbocycles. The summed E-state index contributed by atoms with van der Waals surface area (Å²) >= 11 is 0. The highest BCUT2D eigenvalue weighted by atomic mass is 19.2. The van der Waals surface area contributed by atoms with Crippen LogP contribution in [-0.4, -0.2) is 19.3 Å². The summed E-state index contributed by atoms with van der Waals surface area (Å²) in [5.41, 5.74) is 2.83. The first kappa shape index (κ1) is 34.1. The molecular weight excluding hydrogens is 557 g/mol. The van der Waals surface area contributed by atoms with Crippen molar-refractivity contribution in [3.8, 4) is 28.0 Å². The molecule has 0 N–H and O–H groups in total. The molecule has 0 saturated carbocycles. The van der Waals surface area contributed by atoms with E-state index in [4.69, 9.17) is 9.47 Å². The first-order valence-corrected chi connectivity index (χ1v) is 17.1. The summed E-state index contributed by atoms with van der Waals surface area (Å²) in [5.74, 6) is -2.04. The van der Waals surface area contributed by atoms with Gasteiger partial charge in [0, 0.05) is 17.0 Å². The molecule has 1 saturated heterocycles. The molecule has 3 aromatic carbocycles. The maximum absolute atomic E-state index is 15.3. The fraction of sp³-hybridized carbons (Fsp3) is 0.538. The van der Waals surface area contributed by atoms with Crippen molar-refractivity contribution in [1.29, 1.82) is 0 Å². The zero-order valence-electron chi connectivity index (χ0n) is 26.8. The fourth-order valence-electron chi connectivity index (χ4n) is 6.23. The van der Waals surface area contributed by atoms with Gasteiger partial charge in [-0.2, -0.15) is 4.39 Å². The van der Waals surface area contributed by atoms with E-state index in [0.717, 1.165) is 44.1 Å². The van der Waals surface area contributed by atoms with Crippen LogP contribution in [0.1, 0.15) is 122 Å². The highest BCUT2D eigenvalue weighted by molar-refractivity contribution is 5.71. The zero-order valence-corrected chi connectivity index (χ0v) is 26.8. The molecule has 4 rings (SSSR count). The Morgan fingerprint density at radius 1 is 0.659 bits per heavy atom. The van der Waals surface area contributed by atoms with E-state index in [1.807, 2.05) is 12.1 Å². The van der Waals surface area contributed by atoms with Crippen LogP contribution in [0.15, 0.2) is 54.6 Å². The Kier molecular flexibility index (Phi) is 14.1. The molecule has 44 heavy (non-hydrogen) atoms. The molecule has 0 spiro atoms. The molecule has 2 unspecified atom stereocenters. The van der Waals surface area contributed by atoms with Crippen LogP contribution in [0.25, 0.3) is 22.3 Å². The second-order valence-electron chi connectivity index (χ2n) is 12.5. The van der Waals surface area contributed by atoms with Gasteiger partial charge < -0.3 is 9.47 Å². The predicted octanol–water partition coefficient (Wildman–Crippen LogP) is 12.2. The van der Waals surface area contributed by atoms with Gasteiger partial charge in [0.15, 0.2) is 11.6 Å². The summed E-state index contributed by atoms with van der Waals surface area (Å²) in [4.78, 5) is 0. The van der Waals surface area contributed by atoms with E-state index in [1.165, 1.54) is 63.9 Å². The summed E-state index contributed by atoms with van der Waals surface area (Å²) in [6.45, 7) is 5.43. The Bertz CT molecular complexity index is 1270. The minimum Gasteiger partial charge on any atom is -0.490 e. The van der Waals surface area contributed by atoms with Gasteiger partial charge >= 0.3 is 0 Å². The molecule has 3 aromatic rings. The largest absolute Gasteiger partial charge is 0.490 e. The van der Waals surface area contributed by atoms with E-state index in [9.17, 15) is 4.39 Å². The monoisotopic (exact) mass is 608 g/mol. The third-order valence-corrected chi connectivity index (χ3v) is 9.02. The van der Waals surface area contributed by atoms with Gasteiger partial charge in [-0.15, -0.1) is 0 Å². The lowest BCUT2D eigenvalue weighted by Crippen LogP contribution is -2.24. The molecule has 0 amide bonds. The molecule has 5 heteroatoms. The summed E-state index contributed by atoms with van der Waals surface area (Å²) in [6, 6.07) is 15.4. The highest BCUT2D eigenvalue weighted by Crippen LogP contribution is 2.35. The summed E-state index contributed by atoms with van der Waals surface area (Å²) in [7, 11) is 0. The van der Waals surface area contributed by atoms with Gasteiger partial charge in [0.2, 0.25) is 5.82 Å². The van der Waals surface area contributed by atoms with E-state index in [2.05, 4.69) is 13.8 Å². The Balaban J connectivity index is 1.29. The van der Waals surface area contributed by atoms with Gasteiger partial charge in [-0.25, -0.2) is 8.78 Å². The molecule has 2 atom stereocenters. The highest BCUT2D eigenvalue weighted by Gasteiger charge is 2.24. The molecule has 1 fully saturated rings. The maximum Gasteiger partial charge on any atom is 0.201 e. The standard InChI is InChI=1S/C39H51F3O2/c1-3-5-7-9-10-12-14-26-43-37-25-24-35(38(41)39(37)42)30-18-16-29(17-19-30)34-23-21-31(27-36(34)40)32-20-22-33(44-28-32)15-13-11-8-6-4-2/h16-19,21,23-25,27,32-33H,3-15,20,22,26,28H2,1-2H3. The van der Waals surface area contributed by atoms with Crippen LogP contribution < -0.4 is 4.74 Å². The van der Waals surface area contributed by atoms with Crippen LogP contribution in [0.2, 0.25) is 0 Å². The molecule has 2 nitrogen and oxygen atoms in total. The smallest absolute Gasteiger partial charge is 0.201 e. The SMILES string of the molecule is CCCCCCCCCOc1ccc(-c2ccc(-c3ccc(C4CCC(CCCCCCC)OC4)cc3F)cc2)c(F)c1F. The molecule has 1 aliphatic rings. The zero-order chi connectivity index (χ0) is 31.1. The van der Waals surface area contributed by atoms with Crippen LogP contribution in [0, 0.1) is 17.5 Å². The molecule has 0 radical (unpaired) electrons. The van der Waals surface area contributed by atoms with E-state index < -0.39 is 11.6 Å². The third-order valence-electron chi connectivity index (χ3n) is 9.02. The van der Waals surface area contributed by atoms with Crippen molar-refractivity contribution in [3.05, 3.63) is 77.6 Å². The second-order valence-corrected chi connectivity index (χ2v) is 12.5. The lowest BCUT2D eigenvalue weighted by atomic mass is 9.89. The number of ether oxygens (including phenoxy) is 2. The van der Waals surface area contributed by atoms with E-state index in [0.29, 0.717) is 36.0 Å². The first-order chi connectivity index (χ1) is 21.5. The average Bonchev–Trinajstić information content (AvgIpc) is 3.04. The van der Waals surface area contributed by atoms with Gasteiger partial charge in [0.25, 0.3) is 0 Å². The fourth-order valence-corrected chi connectivity index (χ4v) is 6.23. The summed E-state index contributed by atoms with van der Waals surface area (Å²) in [5, 5.41) is 0. The van der Waals surface area contributed by atoms with Crippen molar-refractivity contribution >= 4 is 0 Å². The Labute approximate surface area is 263 Å². The number of rotatable bonds is 18. The molecular formula is C39H51F3O2. The van der Waals surface area contributed by atoms with Crippen LogP contribution in [0.5, 0.6) is 5.75 Å². The van der Waals surface area contributed by atoms with Crippen molar-refractivity contribution < 1.29 is 22.6 Å². The van der Waals surface area contributed by atoms with Gasteiger partial charge in [-0.1, -0.05) is 121 Å². The Hall–Kier alpha value is -2.79. The van der Waals surface area contributed by atoms with Crippen LogP contribution >= 0.6 is 0 Å². The molecule has 0 bridgehead atoms. The maximum atomic E-state index is 15.3. The molecule has 1 heterocycles. The van der Waals surface area contributed by atoms with Crippen molar-refractivity contribution in [1.82, 2.24) is 0 Å². The predicted molar refractivity (Wildman–Crippen MR) is 176 cm³/mol. The molecule has 240 valence electrons. The molecule has 1 aliphatic heterocycles. The van der Waals surface area contributed by atoms with Gasteiger partial charge in [0.1, 0.15) is 5.82 Å². The second kappa shape index (κ2) is 18.2. The molecule has 0 aromatic heterocycles. The van der Waals surface area contributed by atoms with E-state index in [-0.39, 0.29) is 23.0 Å². The van der Waals surface area contributed by atoms with Crippen molar-refractivity contribution in [3.63, 3.8) is 0 Å². The van der Waals surface area contributed by atoms with E-state index in [1.54, 1.807) is 36.4 Å². The summed E-state index contributed by atoms with van der Waals surface area (Å²) in [6.07, 6.45) is 17.8. The van der Waals surface area contributed by atoms with Crippen LogP contribution in [0.4, 0.5) is 13.2 Å². The lowest BCUT2D eigenvalue weighted by molar-refractivity contribution is -0.00217. The minimum absolute atomic E-state index is 0.0580. The van der Waals surface area contributed by atoms with Crippen LogP contribution in [-0.2, 0) is 4.74 Å². The number of hydrogen-bond acceptors (Lipinski definition) is 2. The van der Waals surface area contributed by atoms with Crippen LogP contribution in [0.3, 0.4) is 0 Å². The number of unbranched alkanes of at least 4 members (excludes halogenated alkanes) is 10. The quantitative estimate of drug-likeness (QED) is 0.134. The van der Waals surface area contributed by atoms with Crippen molar-refractivity contribution in [2.45, 2.75) is 122 Å². The number of benzene rings is 3. The average molecular weight is 609 g/mol. The number of hydrogen-bond donors (Lipinski definition) is 0. The lowest BCUT2D eigenvalue weighted by Gasteiger charge is -2.29. The Morgan fingerprint density at radius 3 is 1.91 bits per heavy atom. The topological polar surface area (TPSA) is 18.5 Å².